The molecule has 27 heavy (non-hydrogen) atoms. The molecule has 0 saturated carbocycles. The highest BCUT2D eigenvalue weighted by Crippen LogP contribution is 2.25. The van der Waals surface area contributed by atoms with Crippen LogP contribution in [0, 0.1) is 11.3 Å². The van der Waals surface area contributed by atoms with Gasteiger partial charge in [-0.1, -0.05) is 48.2 Å². The van der Waals surface area contributed by atoms with Crippen LogP contribution in [-0.4, -0.2) is 23.2 Å². The monoisotopic (exact) mass is 398 g/mol. The van der Waals surface area contributed by atoms with E-state index < -0.39 is 9.84 Å². The molecular weight excluding hydrogens is 380 g/mol. The molecule has 0 radical (unpaired) electrons. The summed E-state index contributed by atoms with van der Waals surface area (Å²) in [5.41, 5.74) is 1.54. The number of thioether (sulfide) groups is 1. The highest BCUT2D eigenvalue weighted by Gasteiger charge is 2.21. The number of rotatable bonds is 7. The Labute approximate surface area is 162 Å². The Balaban J connectivity index is 1.80. The zero-order valence-corrected chi connectivity index (χ0v) is 16.4. The summed E-state index contributed by atoms with van der Waals surface area (Å²) in [5.74, 6) is 0.776. The minimum atomic E-state index is -3.49. The number of hydrogen-bond donors (Lipinski definition) is 0. The molecule has 8 heteroatoms. The first kappa shape index (κ1) is 19.1. The summed E-state index contributed by atoms with van der Waals surface area (Å²) < 4.78 is 27.0. The first-order valence-corrected chi connectivity index (χ1v) is 11.0. The number of hydrogen-bond acceptors (Lipinski definition) is 6. The second-order valence-electron chi connectivity index (χ2n) is 5.77. The number of nitriles is 1. The van der Waals surface area contributed by atoms with E-state index in [9.17, 15) is 13.7 Å². The topological polar surface area (TPSA) is 88.6 Å². The van der Waals surface area contributed by atoms with Crippen molar-refractivity contribution in [3.05, 3.63) is 71.5 Å². The van der Waals surface area contributed by atoms with E-state index in [1.165, 1.54) is 11.8 Å². The lowest BCUT2D eigenvalue weighted by Gasteiger charge is -2.08. The molecule has 0 bridgehead atoms. The average Bonchev–Trinajstić information content (AvgIpc) is 3.08. The molecule has 0 spiro atoms. The average molecular weight is 399 g/mol. The van der Waals surface area contributed by atoms with Gasteiger partial charge < -0.3 is 4.57 Å². The highest BCUT2D eigenvalue weighted by atomic mass is 32.2. The minimum absolute atomic E-state index is 0.201. The first-order chi connectivity index (χ1) is 13.0. The minimum Gasteiger partial charge on any atom is -0.305 e. The molecule has 0 N–H and O–H groups in total. The number of benzene rings is 2. The van der Waals surface area contributed by atoms with Crippen LogP contribution in [-0.2, 0) is 27.9 Å². The van der Waals surface area contributed by atoms with Gasteiger partial charge in [0.2, 0.25) is 0 Å². The molecule has 0 aliphatic heterocycles. The van der Waals surface area contributed by atoms with Crippen molar-refractivity contribution >= 4 is 21.6 Å². The molecule has 3 aromatic rings. The van der Waals surface area contributed by atoms with E-state index >= 15 is 0 Å². The van der Waals surface area contributed by atoms with E-state index in [0.717, 1.165) is 5.56 Å². The zero-order valence-electron chi connectivity index (χ0n) is 14.7. The Kier molecular flexibility index (Phi) is 5.94. The van der Waals surface area contributed by atoms with Gasteiger partial charge in [-0.3, -0.25) is 0 Å². The first-order valence-electron chi connectivity index (χ1n) is 8.36. The number of sulfone groups is 1. The van der Waals surface area contributed by atoms with E-state index in [1.54, 1.807) is 41.0 Å². The molecule has 0 atom stereocenters. The summed E-state index contributed by atoms with van der Waals surface area (Å²) in [6.45, 7) is 2.49. The van der Waals surface area contributed by atoms with Crippen LogP contribution in [0.3, 0.4) is 0 Å². The third-order valence-electron chi connectivity index (χ3n) is 4.03. The maximum atomic E-state index is 12.6. The second kappa shape index (κ2) is 8.37. The van der Waals surface area contributed by atoms with E-state index in [2.05, 4.69) is 16.3 Å². The molecule has 0 unspecified atom stereocenters. The summed E-state index contributed by atoms with van der Waals surface area (Å²) >= 11 is 1.44. The third kappa shape index (κ3) is 4.38. The maximum absolute atomic E-state index is 12.6. The van der Waals surface area contributed by atoms with Crippen LogP contribution < -0.4 is 0 Å². The van der Waals surface area contributed by atoms with Crippen molar-refractivity contribution in [2.24, 2.45) is 0 Å². The van der Waals surface area contributed by atoms with Crippen LogP contribution in [0.2, 0.25) is 0 Å². The molecule has 0 amide bonds. The lowest BCUT2D eigenvalue weighted by Crippen LogP contribution is -2.11. The lowest BCUT2D eigenvalue weighted by atomic mass is 10.1. The predicted octanol–water partition coefficient (Wildman–Crippen LogP) is 3.44. The van der Waals surface area contributed by atoms with E-state index in [0.29, 0.717) is 28.8 Å². The maximum Gasteiger partial charge on any atom is 0.191 e. The van der Waals surface area contributed by atoms with Gasteiger partial charge in [-0.05, 0) is 30.7 Å². The van der Waals surface area contributed by atoms with Gasteiger partial charge in [-0.25, -0.2) is 8.42 Å². The summed E-state index contributed by atoms with van der Waals surface area (Å²) in [4.78, 5) is 0.271. The SMILES string of the molecule is CCn1c(CS(=O)(=O)c2ccccc2)nnc1SCc1ccccc1C#N. The lowest BCUT2D eigenvalue weighted by molar-refractivity contribution is 0.588. The molecule has 1 heterocycles. The van der Waals surface area contributed by atoms with Crippen molar-refractivity contribution in [1.82, 2.24) is 14.8 Å². The molecule has 138 valence electrons. The van der Waals surface area contributed by atoms with Crippen LogP contribution in [0.25, 0.3) is 0 Å². The Morgan fingerprint density at radius 3 is 2.48 bits per heavy atom. The molecule has 2 aromatic carbocycles. The van der Waals surface area contributed by atoms with Gasteiger partial charge in [0, 0.05) is 12.3 Å². The molecule has 3 rings (SSSR count). The predicted molar refractivity (Wildman–Crippen MR) is 104 cm³/mol. The molecule has 0 aliphatic rings. The number of nitrogens with zero attached hydrogens (tertiary/aromatic N) is 4. The van der Waals surface area contributed by atoms with Crippen LogP contribution in [0.15, 0.2) is 64.6 Å². The van der Waals surface area contributed by atoms with Crippen molar-refractivity contribution < 1.29 is 8.42 Å². The normalized spacial score (nSPS) is 11.3. The Morgan fingerprint density at radius 1 is 1.07 bits per heavy atom. The quantitative estimate of drug-likeness (QED) is 0.567. The Morgan fingerprint density at radius 2 is 1.78 bits per heavy atom. The van der Waals surface area contributed by atoms with Crippen molar-refractivity contribution in [1.29, 1.82) is 5.26 Å². The summed E-state index contributed by atoms with van der Waals surface area (Å²) in [6, 6.07) is 17.9. The van der Waals surface area contributed by atoms with Crippen molar-refractivity contribution in [2.45, 2.75) is 35.0 Å². The van der Waals surface area contributed by atoms with Crippen LogP contribution in [0.4, 0.5) is 0 Å². The van der Waals surface area contributed by atoms with Gasteiger partial charge in [-0.2, -0.15) is 5.26 Å². The van der Waals surface area contributed by atoms with Gasteiger partial charge in [0.05, 0.1) is 16.5 Å². The Hall–Kier alpha value is -2.63. The van der Waals surface area contributed by atoms with Gasteiger partial charge in [0.15, 0.2) is 15.0 Å². The molecule has 1 aromatic heterocycles. The van der Waals surface area contributed by atoms with E-state index in [-0.39, 0.29) is 10.6 Å². The molecule has 0 fully saturated rings. The van der Waals surface area contributed by atoms with Crippen LogP contribution in [0.1, 0.15) is 23.9 Å². The molecular formula is C19H18N4O2S2. The standard InChI is InChI=1S/C19H18N4O2S2/c1-2-23-18(14-27(24,25)17-10-4-3-5-11-17)21-22-19(23)26-13-16-9-7-6-8-15(16)12-20/h3-11H,2,13-14H2,1H3. The zero-order chi connectivity index (χ0) is 19.3. The van der Waals surface area contributed by atoms with Gasteiger partial charge in [0.1, 0.15) is 11.6 Å². The summed E-state index contributed by atoms with van der Waals surface area (Å²) in [6.07, 6.45) is 0. The fraction of sp³-hybridized carbons (Fsp3) is 0.211. The fourth-order valence-electron chi connectivity index (χ4n) is 2.63. The van der Waals surface area contributed by atoms with Gasteiger partial charge in [0.25, 0.3) is 0 Å². The third-order valence-corrected chi connectivity index (χ3v) is 6.67. The molecule has 0 saturated heterocycles. The van der Waals surface area contributed by atoms with E-state index in [1.807, 2.05) is 25.1 Å². The molecule has 6 nitrogen and oxygen atoms in total. The summed E-state index contributed by atoms with van der Waals surface area (Å²) in [7, 11) is -3.49. The smallest absolute Gasteiger partial charge is 0.191 e. The number of aromatic nitrogens is 3. The van der Waals surface area contributed by atoms with Crippen LogP contribution >= 0.6 is 11.8 Å². The summed E-state index contributed by atoms with van der Waals surface area (Å²) in [5, 5.41) is 18.1. The van der Waals surface area contributed by atoms with Crippen molar-refractivity contribution in [3.63, 3.8) is 0 Å². The Bertz CT molecular complexity index is 1070. The highest BCUT2D eigenvalue weighted by molar-refractivity contribution is 7.98. The second-order valence-corrected chi connectivity index (χ2v) is 8.70. The van der Waals surface area contributed by atoms with Crippen molar-refractivity contribution in [2.75, 3.05) is 0 Å². The van der Waals surface area contributed by atoms with Crippen LogP contribution in [0.5, 0.6) is 0 Å². The molecule has 0 aliphatic carbocycles. The van der Waals surface area contributed by atoms with Crippen molar-refractivity contribution in [3.8, 4) is 6.07 Å². The van der Waals surface area contributed by atoms with E-state index in [4.69, 9.17) is 0 Å². The van der Waals surface area contributed by atoms with Gasteiger partial charge >= 0.3 is 0 Å². The van der Waals surface area contributed by atoms with Gasteiger partial charge in [-0.15, -0.1) is 10.2 Å². The fourth-order valence-corrected chi connectivity index (χ4v) is 4.95. The largest absolute Gasteiger partial charge is 0.305 e.